The summed E-state index contributed by atoms with van der Waals surface area (Å²) in [6.45, 7) is 1.27. The number of methoxy groups -OCH3 is 2. The molecule has 1 unspecified atom stereocenters. The fourth-order valence-electron chi connectivity index (χ4n) is 3.44. The van der Waals surface area contributed by atoms with Crippen LogP contribution in [-0.4, -0.2) is 57.7 Å². The molecule has 176 valence electrons. The summed E-state index contributed by atoms with van der Waals surface area (Å²) in [6.07, 6.45) is 1.99. The van der Waals surface area contributed by atoms with Crippen molar-refractivity contribution in [3.63, 3.8) is 0 Å². The number of hydrogen-bond donors (Lipinski definition) is 3. The average Bonchev–Trinajstić information content (AvgIpc) is 3.36. The van der Waals surface area contributed by atoms with Crippen molar-refractivity contribution in [3.05, 3.63) is 53.6 Å². The Bertz CT molecular complexity index is 966. The molecule has 33 heavy (non-hydrogen) atoms. The second kappa shape index (κ2) is 11.9. The molecule has 2 aromatic carbocycles. The van der Waals surface area contributed by atoms with Gasteiger partial charge in [-0.25, -0.2) is 0 Å². The molecule has 3 amide bonds. The molecular formula is C24H29N3O6. The molecule has 0 spiro atoms. The van der Waals surface area contributed by atoms with Gasteiger partial charge in [-0.2, -0.15) is 0 Å². The van der Waals surface area contributed by atoms with Crippen LogP contribution < -0.4 is 25.4 Å². The fraction of sp³-hybridized carbons (Fsp3) is 0.375. The van der Waals surface area contributed by atoms with Crippen molar-refractivity contribution >= 4 is 23.4 Å². The normalized spacial score (nSPS) is 14.9. The fourth-order valence-corrected chi connectivity index (χ4v) is 3.44. The third-order valence-electron chi connectivity index (χ3n) is 5.21. The monoisotopic (exact) mass is 455 g/mol. The van der Waals surface area contributed by atoms with Gasteiger partial charge in [0.15, 0.2) is 0 Å². The molecule has 1 aliphatic rings. The molecule has 0 aromatic heterocycles. The Hall–Kier alpha value is -3.59. The summed E-state index contributed by atoms with van der Waals surface area (Å²) >= 11 is 0. The molecular weight excluding hydrogens is 426 g/mol. The Morgan fingerprint density at radius 1 is 1.00 bits per heavy atom. The van der Waals surface area contributed by atoms with Crippen molar-refractivity contribution in [1.29, 1.82) is 0 Å². The van der Waals surface area contributed by atoms with Gasteiger partial charge in [0.2, 0.25) is 5.91 Å². The lowest BCUT2D eigenvalue weighted by Gasteiger charge is -2.14. The van der Waals surface area contributed by atoms with Crippen LogP contribution in [0, 0.1) is 0 Å². The second-order valence-electron chi connectivity index (χ2n) is 7.55. The van der Waals surface area contributed by atoms with E-state index in [-0.39, 0.29) is 36.8 Å². The van der Waals surface area contributed by atoms with Crippen LogP contribution in [0.25, 0.3) is 0 Å². The number of amides is 3. The number of hydrogen-bond acceptors (Lipinski definition) is 6. The van der Waals surface area contributed by atoms with Crippen LogP contribution in [0.5, 0.6) is 11.5 Å². The Morgan fingerprint density at radius 3 is 2.39 bits per heavy atom. The maximum atomic E-state index is 12.6. The Kier molecular flexibility index (Phi) is 8.65. The smallest absolute Gasteiger partial charge is 0.253 e. The van der Waals surface area contributed by atoms with Gasteiger partial charge in [-0.15, -0.1) is 0 Å². The van der Waals surface area contributed by atoms with Crippen molar-refractivity contribution in [2.45, 2.75) is 25.4 Å². The van der Waals surface area contributed by atoms with Crippen LogP contribution in [0.15, 0.2) is 42.5 Å². The van der Waals surface area contributed by atoms with Crippen LogP contribution >= 0.6 is 0 Å². The second-order valence-corrected chi connectivity index (χ2v) is 7.55. The van der Waals surface area contributed by atoms with E-state index in [1.807, 2.05) is 0 Å². The van der Waals surface area contributed by atoms with Crippen LogP contribution in [0.3, 0.4) is 0 Å². The quantitative estimate of drug-likeness (QED) is 0.507. The zero-order valence-electron chi connectivity index (χ0n) is 18.8. The van der Waals surface area contributed by atoms with E-state index >= 15 is 0 Å². The zero-order chi connectivity index (χ0) is 23.6. The number of nitrogens with one attached hydrogen (secondary N) is 3. The Morgan fingerprint density at radius 2 is 1.73 bits per heavy atom. The van der Waals surface area contributed by atoms with Gasteiger partial charge in [0.1, 0.15) is 11.5 Å². The van der Waals surface area contributed by atoms with Crippen molar-refractivity contribution < 1.29 is 28.6 Å². The molecule has 0 bridgehead atoms. The van der Waals surface area contributed by atoms with Gasteiger partial charge < -0.3 is 30.2 Å². The van der Waals surface area contributed by atoms with Gasteiger partial charge >= 0.3 is 0 Å². The van der Waals surface area contributed by atoms with Crippen LogP contribution in [-0.2, 0) is 9.53 Å². The summed E-state index contributed by atoms with van der Waals surface area (Å²) in [5.74, 6) is 0.0340. The van der Waals surface area contributed by atoms with E-state index in [1.165, 1.54) is 14.2 Å². The van der Waals surface area contributed by atoms with Gasteiger partial charge in [0.05, 0.1) is 31.6 Å². The highest BCUT2D eigenvalue weighted by Crippen LogP contribution is 2.22. The first-order valence-electron chi connectivity index (χ1n) is 10.8. The number of rotatable bonds is 10. The topological polar surface area (TPSA) is 115 Å². The molecule has 0 aliphatic carbocycles. The lowest BCUT2D eigenvalue weighted by atomic mass is 10.1. The third kappa shape index (κ3) is 6.95. The molecule has 1 fully saturated rings. The molecule has 9 heteroatoms. The summed E-state index contributed by atoms with van der Waals surface area (Å²) < 4.78 is 15.9. The lowest BCUT2D eigenvalue weighted by molar-refractivity contribution is -0.116. The first kappa shape index (κ1) is 24.1. The van der Waals surface area contributed by atoms with Crippen molar-refractivity contribution in [2.24, 2.45) is 0 Å². The van der Waals surface area contributed by atoms with E-state index in [0.717, 1.165) is 19.4 Å². The highest BCUT2D eigenvalue weighted by Gasteiger charge is 2.18. The lowest BCUT2D eigenvalue weighted by Crippen LogP contribution is -2.32. The van der Waals surface area contributed by atoms with Gasteiger partial charge in [0, 0.05) is 37.7 Å². The molecule has 9 nitrogen and oxygen atoms in total. The third-order valence-corrected chi connectivity index (χ3v) is 5.21. The molecule has 2 aromatic rings. The number of carbonyl (C=O) groups excluding carboxylic acids is 3. The van der Waals surface area contributed by atoms with Crippen molar-refractivity contribution in [3.8, 4) is 11.5 Å². The maximum Gasteiger partial charge on any atom is 0.253 e. The van der Waals surface area contributed by atoms with E-state index in [1.54, 1.807) is 42.5 Å². The molecule has 1 atom stereocenters. The first-order chi connectivity index (χ1) is 16.0. The average molecular weight is 456 g/mol. The molecule has 3 N–H and O–H groups in total. The maximum absolute atomic E-state index is 12.6. The van der Waals surface area contributed by atoms with Crippen LogP contribution in [0.2, 0.25) is 0 Å². The van der Waals surface area contributed by atoms with Crippen LogP contribution in [0.1, 0.15) is 40.0 Å². The van der Waals surface area contributed by atoms with Gasteiger partial charge in [-0.3, -0.25) is 14.4 Å². The molecule has 1 saturated heterocycles. The highest BCUT2D eigenvalue weighted by molar-refractivity contribution is 6.04. The van der Waals surface area contributed by atoms with Gasteiger partial charge in [-0.1, -0.05) is 12.1 Å². The Labute approximate surface area is 192 Å². The van der Waals surface area contributed by atoms with Gasteiger partial charge in [-0.05, 0) is 37.1 Å². The van der Waals surface area contributed by atoms with Gasteiger partial charge in [0.25, 0.3) is 11.8 Å². The number of para-hydroxylation sites is 1. The van der Waals surface area contributed by atoms with Crippen molar-refractivity contribution in [2.75, 3.05) is 39.2 Å². The van der Waals surface area contributed by atoms with Crippen molar-refractivity contribution in [1.82, 2.24) is 10.6 Å². The minimum atomic E-state index is -0.353. The predicted molar refractivity (Wildman–Crippen MR) is 123 cm³/mol. The van der Waals surface area contributed by atoms with Crippen LogP contribution in [0.4, 0.5) is 5.69 Å². The molecule has 0 saturated carbocycles. The number of benzene rings is 2. The summed E-state index contributed by atoms with van der Waals surface area (Å²) in [7, 11) is 3.00. The number of carbonyl (C=O) groups is 3. The van der Waals surface area contributed by atoms with E-state index in [4.69, 9.17) is 14.2 Å². The summed E-state index contributed by atoms with van der Waals surface area (Å²) in [5, 5.41) is 8.31. The zero-order valence-corrected chi connectivity index (χ0v) is 18.8. The predicted octanol–water partition coefficient (Wildman–Crippen LogP) is 2.37. The van der Waals surface area contributed by atoms with E-state index in [9.17, 15) is 14.4 Å². The molecule has 1 aliphatic heterocycles. The molecule has 3 rings (SSSR count). The minimum absolute atomic E-state index is 0.0314. The molecule has 1 heterocycles. The van der Waals surface area contributed by atoms with E-state index < -0.39 is 0 Å². The number of ether oxygens (including phenoxy) is 3. The summed E-state index contributed by atoms with van der Waals surface area (Å²) in [5.41, 5.74) is 1.15. The first-order valence-corrected chi connectivity index (χ1v) is 10.8. The largest absolute Gasteiger partial charge is 0.497 e. The standard InChI is InChI=1S/C24H29N3O6/c1-31-18-12-16(13-19(14-18)32-2)23(29)25-10-9-22(28)27-21-8-4-3-7-20(21)24(30)26-15-17-6-5-11-33-17/h3-4,7-8,12-14,17H,5-6,9-11,15H2,1-2H3,(H,25,29)(H,26,30)(H,27,28). The van der Waals surface area contributed by atoms with E-state index in [2.05, 4.69) is 16.0 Å². The SMILES string of the molecule is COc1cc(OC)cc(C(=O)NCCC(=O)Nc2ccccc2C(=O)NCC2CCCO2)c1. The number of anilines is 1. The Balaban J connectivity index is 1.51. The minimum Gasteiger partial charge on any atom is -0.497 e. The highest BCUT2D eigenvalue weighted by atomic mass is 16.5. The van der Waals surface area contributed by atoms with E-state index in [0.29, 0.717) is 34.9 Å². The summed E-state index contributed by atoms with van der Waals surface area (Å²) in [6, 6.07) is 11.6. The molecule has 0 radical (unpaired) electrons. The summed E-state index contributed by atoms with van der Waals surface area (Å²) in [4.78, 5) is 37.4.